The number of carboxylic acid groups (broad SMARTS) is 1. The SMILES string of the molecule is O=C(O)c1ccc(NCCn2ccnc2)cc1[N+](=O)[O-]. The van der Waals surface area contributed by atoms with Gasteiger partial charge in [0.15, 0.2) is 0 Å². The number of carboxylic acids is 1. The second-order valence-corrected chi connectivity index (χ2v) is 4.02. The molecular weight excluding hydrogens is 264 g/mol. The Balaban J connectivity index is 2.07. The van der Waals surface area contributed by atoms with Crippen LogP contribution in [0.3, 0.4) is 0 Å². The number of aromatic nitrogens is 2. The van der Waals surface area contributed by atoms with Gasteiger partial charge in [0.25, 0.3) is 5.69 Å². The molecule has 0 bridgehead atoms. The highest BCUT2D eigenvalue weighted by atomic mass is 16.6. The van der Waals surface area contributed by atoms with E-state index >= 15 is 0 Å². The van der Waals surface area contributed by atoms with Crippen LogP contribution in [0.1, 0.15) is 10.4 Å². The summed E-state index contributed by atoms with van der Waals surface area (Å²) in [4.78, 5) is 24.9. The minimum atomic E-state index is -1.32. The van der Waals surface area contributed by atoms with Gasteiger partial charge in [0.2, 0.25) is 0 Å². The van der Waals surface area contributed by atoms with Crippen LogP contribution in [0.5, 0.6) is 0 Å². The molecule has 0 aliphatic carbocycles. The van der Waals surface area contributed by atoms with Crippen molar-refractivity contribution in [1.29, 1.82) is 0 Å². The lowest BCUT2D eigenvalue weighted by Gasteiger charge is -2.07. The Bertz CT molecular complexity index is 624. The number of anilines is 1. The molecule has 2 N–H and O–H groups in total. The molecule has 0 saturated carbocycles. The zero-order valence-corrected chi connectivity index (χ0v) is 10.4. The van der Waals surface area contributed by atoms with Crippen LogP contribution < -0.4 is 5.32 Å². The van der Waals surface area contributed by atoms with Gasteiger partial charge in [-0.05, 0) is 12.1 Å². The summed E-state index contributed by atoms with van der Waals surface area (Å²) < 4.78 is 1.85. The van der Waals surface area contributed by atoms with E-state index in [1.54, 1.807) is 18.7 Å². The molecule has 1 heterocycles. The van der Waals surface area contributed by atoms with Crippen molar-refractivity contribution in [2.75, 3.05) is 11.9 Å². The summed E-state index contributed by atoms with van der Waals surface area (Å²) >= 11 is 0. The van der Waals surface area contributed by atoms with E-state index in [2.05, 4.69) is 10.3 Å². The molecule has 0 atom stereocenters. The Kier molecular flexibility index (Phi) is 3.94. The van der Waals surface area contributed by atoms with E-state index in [1.165, 1.54) is 18.2 Å². The summed E-state index contributed by atoms with van der Waals surface area (Å²) in [6.07, 6.45) is 5.13. The molecule has 0 unspecified atom stereocenters. The average Bonchev–Trinajstić information content (AvgIpc) is 2.91. The summed E-state index contributed by atoms with van der Waals surface area (Å²) in [5.41, 5.74) is -0.248. The lowest BCUT2D eigenvalue weighted by molar-refractivity contribution is -0.385. The zero-order valence-electron chi connectivity index (χ0n) is 10.4. The third-order valence-electron chi connectivity index (χ3n) is 2.68. The molecule has 0 aliphatic heterocycles. The molecule has 8 nitrogen and oxygen atoms in total. The number of rotatable bonds is 6. The number of hydrogen-bond donors (Lipinski definition) is 2. The number of imidazole rings is 1. The maximum atomic E-state index is 10.9. The van der Waals surface area contributed by atoms with E-state index in [4.69, 9.17) is 5.11 Å². The Morgan fingerprint density at radius 1 is 1.50 bits per heavy atom. The quantitative estimate of drug-likeness (QED) is 0.612. The highest BCUT2D eigenvalue weighted by Gasteiger charge is 2.19. The van der Waals surface area contributed by atoms with Crippen LogP contribution in [-0.2, 0) is 6.54 Å². The van der Waals surface area contributed by atoms with Gasteiger partial charge >= 0.3 is 5.97 Å². The molecule has 104 valence electrons. The number of hydrogen-bond acceptors (Lipinski definition) is 5. The summed E-state index contributed by atoms with van der Waals surface area (Å²) in [6.45, 7) is 1.19. The van der Waals surface area contributed by atoms with Crippen molar-refractivity contribution in [2.45, 2.75) is 6.54 Å². The summed E-state index contributed by atoms with van der Waals surface area (Å²) in [5, 5.41) is 22.7. The van der Waals surface area contributed by atoms with Crippen LogP contribution in [0, 0.1) is 10.1 Å². The topological polar surface area (TPSA) is 110 Å². The van der Waals surface area contributed by atoms with Crippen LogP contribution in [0.2, 0.25) is 0 Å². The Hall–Kier alpha value is -2.90. The first kappa shape index (κ1) is 13.5. The first-order valence-corrected chi connectivity index (χ1v) is 5.79. The lowest BCUT2D eigenvalue weighted by atomic mass is 10.1. The van der Waals surface area contributed by atoms with Crippen molar-refractivity contribution in [1.82, 2.24) is 9.55 Å². The molecule has 0 fully saturated rings. The van der Waals surface area contributed by atoms with E-state index < -0.39 is 16.6 Å². The highest BCUT2D eigenvalue weighted by molar-refractivity contribution is 5.93. The Labute approximate surface area is 113 Å². The third kappa shape index (κ3) is 3.10. The first-order valence-electron chi connectivity index (χ1n) is 5.79. The molecular formula is C12H12N4O4. The van der Waals surface area contributed by atoms with Crippen LogP contribution in [0.4, 0.5) is 11.4 Å². The molecule has 0 amide bonds. The Morgan fingerprint density at radius 3 is 2.90 bits per heavy atom. The van der Waals surface area contributed by atoms with Gasteiger partial charge < -0.3 is 15.0 Å². The van der Waals surface area contributed by atoms with Gasteiger partial charge in [-0.2, -0.15) is 0 Å². The van der Waals surface area contributed by atoms with Crippen LogP contribution >= 0.6 is 0 Å². The normalized spacial score (nSPS) is 10.2. The van der Waals surface area contributed by atoms with Crippen molar-refractivity contribution >= 4 is 17.3 Å². The van der Waals surface area contributed by atoms with Crippen molar-refractivity contribution < 1.29 is 14.8 Å². The summed E-state index contributed by atoms with van der Waals surface area (Å²) in [5.74, 6) is -1.32. The predicted octanol–water partition coefficient (Wildman–Crippen LogP) is 1.60. The summed E-state index contributed by atoms with van der Waals surface area (Å²) in [6, 6.07) is 3.95. The number of nitrogens with zero attached hydrogens (tertiary/aromatic N) is 3. The number of nitro benzene ring substituents is 1. The van der Waals surface area contributed by atoms with Gasteiger partial charge in [-0.3, -0.25) is 10.1 Å². The second kappa shape index (κ2) is 5.83. The first-order chi connectivity index (χ1) is 9.58. The zero-order chi connectivity index (χ0) is 14.5. The maximum absolute atomic E-state index is 10.9. The van der Waals surface area contributed by atoms with E-state index in [9.17, 15) is 14.9 Å². The van der Waals surface area contributed by atoms with Crippen molar-refractivity contribution in [2.24, 2.45) is 0 Å². The van der Waals surface area contributed by atoms with Crippen LogP contribution in [-0.4, -0.2) is 32.1 Å². The number of aromatic carboxylic acids is 1. The fourth-order valence-corrected chi connectivity index (χ4v) is 1.72. The van der Waals surface area contributed by atoms with Gasteiger partial charge in [-0.15, -0.1) is 0 Å². The number of benzene rings is 1. The fourth-order valence-electron chi connectivity index (χ4n) is 1.72. The second-order valence-electron chi connectivity index (χ2n) is 4.02. The molecule has 0 spiro atoms. The largest absolute Gasteiger partial charge is 0.477 e. The molecule has 8 heteroatoms. The molecule has 1 aromatic carbocycles. The average molecular weight is 276 g/mol. The van der Waals surface area contributed by atoms with Gasteiger partial charge in [0, 0.05) is 37.2 Å². The van der Waals surface area contributed by atoms with Gasteiger partial charge in [-0.1, -0.05) is 0 Å². The van der Waals surface area contributed by atoms with E-state index in [1.807, 2.05) is 4.57 Å². The standard InChI is InChI=1S/C12H12N4O4/c17-12(18)10-2-1-9(7-11(10)16(19)20)14-4-6-15-5-3-13-8-15/h1-3,5,7-8,14H,4,6H2,(H,17,18). The minimum Gasteiger partial charge on any atom is -0.477 e. The number of carbonyl (C=O) groups is 1. The number of nitrogens with one attached hydrogen (secondary N) is 1. The minimum absolute atomic E-state index is 0.324. The molecule has 0 radical (unpaired) electrons. The molecule has 1 aromatic heterocycles. The van der Waals surface area contributed by atoms with Crippen LogP contribution in [0.15, 0.2) is 36.9 Å². The van der Waals surface area contributed by atoms with Crippen molar-refractivity contribution in [3.05, 3.63) is 52.6 Å². The van der Waals surface area contributed by atoms with Crippen LogP contribution in [0.25, 0.3) is 0 Å². The van der Waals surface area contributed by atoms with E-state index in [0.717, 1.165) is 0 Å². The van der Waals surface area contributed by atoms with Crippen molar-refractivity contribution in [3.8, 4) is 0 Å². The molecule has 20 heavy (non-hydrogen) atoms. The molecule has 0 saturated heterocycles. The molecule has 2 aromatic rings. The Morgan fingerprint density at radius 2 is 2.30 bits per heavy atom. The smallest absolute Gasteiger partial charge is 0.342 e. The maximum Gasteiger partial charge on any atom is 0.342 e. The number of nitro groups is 1. The van der Waals surface area contributed by atoms with Gasteiger partial charge in [-0.25, -0.2) is 9.78 Å². The highest BCUT2D eigenvalue weighted by Crippen LogP contribution is 2.23. The third-order valence-corrected chi connectivity index (χ3v) is 2.68. The summed E-state index contributed by atoms with van der Waals surface area (Å²) in [7, 11) is 0. The lowest BCUT2D eigenvalue weighted by Crippen LogP contribution is -2.10. The van der Waals surface area contributed by atoms with Crippen molar-refractivity contribution in [3.63, 3.8) is 0 Å². The van der Waals surface area contributed by atoms with Gasteiger partial charge in [0.1, 0.15) is 5.56 Å². The molecule has 0 aliphatic rings. The van der Waals surface area contributed by atoms with Gasteiger partial charge in [0.05, 0.1) is 11.3 Å². The van der Waals surface area contributed by atoms with E-state index in [-0.39, 0.29) is 5.56 Å². The van der Waals surface area contributed by atoms with E-state index in [0.29, 0.717) is 18.8 Å². The molecule has 2 rings (SSSR count). The fraction of sp³-hybridized carbons (Fsp3) is 0.167. The monoisotopic (exact) mass is 276 g/mol. The predicted molar refractivity (Wildman–Crippen MR) is 70.8 cm³/mol.